The minimum Gasteiger partial charge on any atom is -0.337 e. The molecule has 1 aromatic rings. The fraction of sp³-hybridized carbons (Fsp3) is 0.529. The largest absolute Gasteiger partial charge is 0.337 e. The Bertz CT molecular complexity index is 529. The molecule has 0 aliphatic carbocycles. The highest BCUT2D eigenvalue weighted by atomic mass is 16.2. The summed E-state index contributed by atoms with van der Waals surface area (Å²) in [4.78, 5) is 28.6. The molecule has 4 heteroatoms. The highest BCUT2D eigenvalue weighted by Gasteiger charge is 2.40. The summed E-state index contributed by atoms with van der Waals surface area (Å²) in [6.07, 6.45) is 3.07. The molecule has 3 rings (SSSR count). The van der Waals surface area contributed by atoms with Crippen LogP contribution in [0.2, 0.25) is 0 Å². The van der Waals surface area contributed by atoms with Gasteiger partial charge >= 0.3 is 0 Å². The summed E-state index contributed by atoms with van der Waals surface area (Å²) in [6.45, 7) is 3.38. The van der Waals surface area contributed by atoms with Gasteiger partial charge < -0.3 is 9.80 Å². The van der Waals surface area contributed by atoms with E-state index in [0.29, 0.717) is 13.0 Å². The Morgan fingerprint density at radius 1 is 1.19 bits per heavy atom. The Balaban J connectivity index is 1.74. The number of nitrogens with zero attached hydrogens (tertiary/aromatic N) is 2. The van der Waals surface area contributed by atoms with Gasteiger partial charge in [0, 0.05) is 25.6 Å². The lowest BCUT2D eigenvalue weighted by Crippen LogP contribution is -2.47. The Hall–Kier alpha value is -1.84. The summed E-state index contributed by atoms with van der Waals surface area (Å²) in [5.74, 6) is 0.280. The molecule has 0 N–H and O–H groups in total. The topological polar surface area (TPSA) is 40.6 Å². The van der Waals surface area contributed by atoms with E-state index >= 15 is 0 Å². The number of carbonyl (C=O) groups is 2. The number of benzene rings is 1. The molecule has 2 saturated heterocycles. The average molecular weight is 286 g/mol. The van der Waals surface area contributed by atoms with E-state index in [1.54, 1.807) is 4.90 Å². The van der Waals surface area contributed by atoms with E-state index in [-0.39, 0.29) is 23.9 Å². The normalized spacial score (nSPS) is 24.0. The molecule has 112 valence electrons. The quantitative estimate of drug-likeness (QED) is 0.850. The zero-order valence-corrected chi connectivity index (χ0v) is 12.5. The van der Waals surface area contributed by atoms with E-state index in [9.17, 15) is 9.59 Å². The molecule has 0 spiro atoms. The van der Waals surface area contributed by atoms with E-state index in [1.807, 2.05) is 23.1 Å². The van der Waals surface area contributed by atoms with Gasteiger partial charge in [0.2, 0.25) is 11.8 Å². The fourth-order valence-corrected chi connectivity index (χ4v) is 3.49. The second kappa shape index (κ2) is 5.88. The van der Waals surface area contributed by atoms with Crippen LogP contribution in [0.1, 0.15) is 31.7 Å². The average Bonchev–Trinajstić information content (AvgIpc) is 2.93. The van der Waals surface area contributed by atoms with Gasteiger partial charge in [-0.05, 0) is 31.7 Å². The van der Waals surface area contributed by atoms with Gasteiger partial charge in [0.15, 0.2) is 0 Å². The Kier molecular flexibility index (Phi) is 3.95. The second-order valence-electron chi connectivity index (χ2n) is 6.07. The Morgan fingerprint density at radius 3 is 2.71 bits per heavy atom. The molecular formula is C17H22N2O2. The summed E-state index contributed by atoms with van der Waals surface area (Å²) < 4.78 is 0. The van der Waals surface area contributed by atoms with Gasteiger partial charge in [0.25, 0.3) is 0 Å². The third-order valence-corrected chi connectivity index (χ3v) is 4.61. The predicted molar refractivity (Wildman–Crippen MR) is 80.7 cm³/mol. The van der Waals surface area contributed by atoms with Crippen LogP contribution in [0, 0.1) is 0 Å². The van der Waals surface area contributed by atoms with Crippen LogP contribution in [-0.2, 0) is 16.0 Å². The zero-order chi connectivity index (χ0) is 14.8. The molecule has 2 atom stereocenters. The number of rotatable bonds is 3. The van der Waals surface area contributed by atoms with Crippen LogP contribution in [0.25, 0.3) is 0 Å². The molecule has 2 unspecified atom stereocenters. The second-order valence-corrected chi connectivity index (χ2v) is 6.07. The molecule has 0 saturated carbocycles. The van der Waals surface area contributed by atoms with Crippen LogP contribution < -0.4 is 0 Å². The van der Waals surface area contributed by atoms with Crippen LogP contribution in [0.5, 0.6) is 0 Å². The third-order valence-electron chi connectivity index (χ3n) is 4.61. The predicted octanol–water partition coefficient (Wildman–Crippen LogP) is 1.84. The molecule has 2 aliphatic heterocycles. The van der Waals surface area contributed by atoms with Crippen LogP contribution >= 0.6 is 0 Å². The lowest BCUT2D eigenvalue weighted by molar-refractivity contribution is -0.140. The monoisotopic (exact) mass is 286 g/mol. The van der Waals surface area contributed by atoms with Gasteiger partial charge in [-0.25, -0.2) is 0 Å². The maximum absolute atomic E-state index is 12.7. The van der Waals surface area contributed by atoms with E-state index in [4.69, 9.17) is 0 Å². The molecule has 21 heavy (non-hydrogen) atoms. The van der Waals surface area contributed by atoms with E-state index in [2.05, 4.69) is 19.1 Å². The van der Waals surface area contributed by atoms with Crippen molar-refractivity contribution < 1.29 is 9.59 Å². The van der Waals surface area contributed by atoms with Gasteiger partial charge in [-0.3, -0.25) is 9.59 Å². The minimum atomic E-state index is -0.210. The Morgan fingerprint density at radius 2 is 1.95 bits per heavy atom. The summed E-state index contributed by atoms with van der Waals surface area (Å²) in [5.41, 5.74) is 1.23. The van der Waals surface area contributed by atoms with Gasteiger partial charge in [-0.15, -0.1) is 0 Å². The number of carbonyl (C=O) groups excluding carboxylic acids is 2. The first kappa shape index (κ1) is 14.1. The molecule has 0 radical (unpaired) electrons. The van der Waals surface area contributed by atoms with Crippen molar-refractivity contribution in [1.82, 2.24) is 9.80 Å². The maximum atomic E-state index is 12.7. The number of fused-ring (bicyclic) bond motifs is 1. The summed E-state index contributed by atoms with van der Waals surface area (Å²) in [7, 11) is 0. The van der Waals surface area contributed by atoms with Crippen molar-refractivity contribution in [2.24, 2.45) is 0 Å². The molecule has 0 bridgehead atoms. The van der Waals surface area contributed by atoms with Crippen molar-refractivity contribution in [2.45, 2.75) is 44.7 Å². The van der Waals surface area contributed by atoms with Crippen LogP contribution in [-0.4, -0.2) is 46.8 Å². The molecule has 2 heterocycles. The molecule has 1 aromatic carbocycles. The van der Waals surface area contributed by atoms with Crippen molar-refractivity contribution >= 4 is 11.8 Å². The third kappa shape index (κ3) is 2.80. The van der Waals surface area contributed by atoms with Crippen molar-refractivity contribution in [3.8, 4) is 0 Å². The maximum Gasteiger partial charge on any atom is 0.245 e. The zero-order valence-electron chi connectivity index (χ0n) is 12.5. The molecule has 2 aliphatic rings. The van der Waals surface area contributed by atoms with Crippen molar-refractivity contribution in [3.63, 3.8) is 0 Å². The van der Waals surface area contributed by atoms with Crippen molar-refractivity contribution in [2.75, 3.05) is 13.1 Å². The molecule has 2 amide bonds. The first-order chi connectivity index (χ1) is 10.2. The summed E-state index contributed by atoms with van der Waals surface area (Å²) in [5, 5.41) is 0. The standard InChI is InChI=1S/C17H22N2O2/c1-13(12-14-6-3-2-4-7-14)18-11-9-16(20)19-10-5-8-15(19)17(18)21/h2-4,6-7,13,15H,5,8-12H2,1H3. The fourth-order valence-electron chi connectivity index (χ4n) is 3.49. The van der Waals surface area contributed by atoms with E-state index in [0.717, 1.165) is 25.8 Å². The van der Waals surface area contributed by atoms with Gasteiger partial charge in [0.1, 0.15) is 6.04 Å². The lowest BCUT2D eigenvalue weighted by Gasteiger charge is -2.30. The van der Waals surface area contributed by atoms with E-state index < -0.39 is 0 Å². The Labute approximate surface area is 125 Å². The van der Waals surface area contributed by atoms with Crippen LogP contribution in [0.3, 0.4) is 0 Å². The summed E-state index contributed by atoms with van der Waals surface area (Å²) in [6, 6.07) is 10.1. The molecule has 4 nitrogen and oxygen atoms in total. The number of amides is 2. The summed E-state index contributed by atoms with van der Waals surface area (Å²) >= 11 is 0. The first-order valence-electron chi connectivity index (χ1n) is 7.80. The SMILES string of the molecule is CC(Cc1ccccc1)N1CCC(=O)N2CCCC2C1=O. The van der Waals surface area contributed by atoms with E-state index in [1.165, 1.54) is 5.56 Å². The van der Waals surface area contributed by atoms with Crippen LogP contribution in [0.4, 0.5) is 0 Å². The smallest absolute Gasteiger partial charge is 0.245 e. The molecular weight excluding hydrogens is 264 g/mol. The highest BCUT2D eigenvalue weighted by Crippen LogP contribution is 2.25. The van der Waals surface area contributed by atoms with Gasteiger partial charge in [0.05, 0.1) is 0 Å². The lowest BCUT2D eigenvalue weighted by atomic mass is 10.0. The van der Waals surface area contributed by atoms with Crippen molar-refractivity contribution in [3.05, 3.63) is 35.9 Å². The van der Waals surface area contributed by atoms with Gasteiger partial charge in [-0.2, -0.15) is 0 Å². The minimum absolute atomic E-state index is 0.133. The first-order valence-corrected chi connectivity index (χ1v) is 7.80. The van der Waals surface area contributed by atoms with Crippen LogP contribution in [0.15, 0.2) is 30.3 Å². The molecule has 2 fully saturated rings. The van der Waals surface area contributed by atoms with Crippen molar-refractivity contribution in [1.29, 1.82) is 0 Å². The number of hydrogen-bond donors (Lipinski definition) is 0. The number of hydrogen-bond acceptors (Lipinski definition) is 2. The molecule has 0 aromatic heterocycles. The van der Waals surface area contributed by atoms with Gasteiger partial charge in [-0.1, -0.05) is 30.3 Å². The highest BCUT2D eigenvalue weighted by molar-refractivity contribution is 5.90.